The third-order valence-electron chi connectivity index (χ3n) is 2.40. The van der Waals surface area contributed by atoms with Crippen molar-refractivity contribution in [2.24, 2.45) is 0 Å². The minimum atomic E-state index is -0.657. The Morgan fingerprint density at radius 1 is 1.11 bits per heavy atom. The van der Waals surface area contributed by atoms with E-state index in [1.807, 2.05) is 30.3 Å². The molecule has 0 amide bonds. The molecule has 0 atom stereocenters. The molecule has 2 aromatic carbocycles. The first kappa shape index (κ1) is 11.9. The molecule has 0 fully saturated rings. The molecule has 18 heavy (non-hydrogen) atoms. The molecular weight excluding hydrogens is 234 g/mol. The largest absolute Gasteiger partial charge is 0.502 e. The lowest BCUT2D eigenvalue weighted by Gasteiger charge is -2.07. The predicted octanol–water partition coefficient (Wildman–Crippen LogP) is 2.88. The summed E-state index contributed by atoms with van der Waals surface area (Å²) in [4.78, 5) is 10.2. The number of hydrogen-bond donors (Lipinski definition) is 1. The van der Waals surface area contributed by atoms with Gasteiger partial charge in [-0.25, -0.2) is 0 Å². The minimum Gasteiger partial charge on any atom is -0.502 e. The predicted molar refractivity (Wildman–Crippen MR) is 65.5 cm³/mol. The summed E-state index contributed by atoms with van der Waals surface area (Å²) in [7, 11) is 0. The Labute approximate surface area is 103 Å². The van der Waals surface area contributed by atoms with Gasteiger partial charge in [-0.3, -0.25) is 10.1 Å². The van der Waals surface area contributed by atoms with Crippen molar-refractivity contribution < 1.29 is 14.8 Å². The van der Waals surface area contributed by atoms with E-state index in [-0.39, 0.29) is 12.4 Å². The molecule has 0 aliphatic carbocycles. The van der Waals surface area contributed by atoms with Crippen LogP contribution in [0.3, 0.4) is 0 Å². The molecule has 5 nitrogen and oxygen atoms in total. The number of hydrogen-bond acceptors (Lipinski definition) is 4. The fourth-order valence-corrected chi connectivity index (χ4v) is 1.55. The standard InChI is InChI=1S/C13H11NO4/c15-11-7-4-8-12(13(11)14(16)17)18-9-10-5-2-1-3-6-10/h1-8,15H,9H2. The molecular formula is C13H11NO4. The molecule has 0 bridgehead atoms. The number of nitro benzene ring substituents is 1. The van der Waals surface area contributed by atoms with Gasteiger partial charge in [0, 0.05) is 0 Å². The van der Waals surface area contributed by atoms with Crippen LogP contribution in [0.2, 0.25) is 0 Å². The van der Waals surface area contributed by atoms with Crippen LogP contribution in [0.25, 0.3) is 0 Å². The van der Waals surface area contributed by atoms with E-state index in [2.05, 4.69) is 0 Å². The molecule has 0 saturated carbocycles. The third-order valence-corrected chi connectivity index (χ3v) is 2.40. The maximum absolute atomic E-state index is 10.8. The first-order valence-electron chi connectivity index (χ1n) is 5.31. The topological polar surface area (TPSA) is 72.6 Å². The van der Waals surface area contributed by atoms with Crippen LogP contribution in [-0.2, 0) is 6.61 Å². The van der Waals surface area contributed by atoms with Gasteiger partial charge in [0.2, 0.25) is 5.75 Å². The number of ether oxygens (including phenoxy) is 1. The van der Waals surface area contributed by atoms with Gasteiger partial charge in [-0.2, -0.15) is 0 Å². The van der Waals surface area contributed by atoms with E-state index in [9.17, 15) is 15.2 Å². The maximum Gasteiger partial charge on any atom is 0.352 e. The highest BCUT2D eigenvalue weighted by Crippen LogP contribution is 2.35. The van der Waals surface area contributed by atoms with Gasteiger partial charge < -0.3 is 9.84 Å². The lowest BCUT2D eigenvalue weighted by molar-refractivity contribution is -0.386. The number of phenolic OH excluding ortho intramolecular Hbond substituents is 1. The van der Waals surface area contributed by atoms with Gasteiger partial charge in [-0.05, 0) is 17.7 Å². The van der Waals surface area contributed by atoms with Crippen LogP contribution in [0.1, 0.15) is 5.56 Å². The van der Waals surface area contributed by atoms with Crippen LogP contribution in [0.4, 0.5) is 5.69 Å². The zero-order valence-corrected chi connectivity index (χ0v) is 9.45. The van der Waals surface area contributed by atoms with Gasteiger partial charge in [0.1, 0.15) is 6.61 Å². The molecule has 2 aromatic rings. The average molecular weight is 245 g/mol. The average Bonchev–Trinajstić information content (AvgIpc) is 2.37. The Morgan fingerprint density at radius 3 is 2.50 bits per heavy atom. The molecule has 0 aromatic heterocycles. The normalized spacial score (nSPS) is 10.0. The molecule has 0 unspecified atom stereocenters. The Morgan fingerprint density at radius 2 is 1.83 bits per heavy atom. The van der Waals surface area contributed by atoms with Crippen LogP contribution in [0, 0.1) is 10.1 Å². The van der Waals surface area contributed by atoms with Crippen molar-refractivity contribution in [1.29, 1.82) is 0 Å². The van der Waals surface area contributed by atoms with Crippen LogP contribution in [0.5, 0.6) is 11.5 Å². The van der Waals surface area contributed by atoms with Gasteiger partial charge in [0.15, 0.2) is 5.75 Å². The first-order chi connectivity index (χ1) is 8.68. The summed E-state index contributed by atoms with van der Waals surface area (Å²) in [6, 6.07) is 13.5. The van der Waals surface area contributed by atoms with E-state index < -0.39 is 16.4 Å². The smallest absolute Gasteiger partial charge is 0.352 e. The monoisotopic (exact) mass is 245 g/mol. The van der Waals surface area contributed by atoms with E-state index in [4.69, 9.17) is 4.74 Å². The zero-order chi connectivity index (χ0) is 13.0. The Kier molecular flexibility index (Phi) is 3.43. The van der Waals surface area contributed by atoms with Crippen molar-refractivity contribution in [2.75, 3.05) is 0 Å². The molecule has 0 spiro atoms. The van der Waals surface area contributed by atoms with E-state index in [0.29, 0.717) is 0 Å². The maximum atomic E-state index is 10.8. The molecule has 2 rings (SSSR count). The zero-order valence-electron chi connectivity index (χ0n) is 9.45. The van der Waals surface area contributed by atoms with Gasteiger partial charge >= 0.3 is 5.69 Å². The van der Waals surface area contributed by atoms with Crippen LogP contribution < -0.4 is 4.74 Å². The summed E-state index contributed by atoms with van der Waals surface area (Å²) in [6.07, 6.45) is 0. The molecule has 92 valence electrons. The molecule has 0 aliphatic rings. The molecule has 0 aliphatic heterocycles. The summed E-state index contributed by atoms with van der Waals surface area (Å²) in [6.45, 7) is 0.213. The van der Waals surface area contributed by atoms with Crippen molar-refractivity contribution in [3.63, 3.8) is 0 Å². The van der Waals surface area contributed by atoms with Gasteiger partial charge in [0.05, 0.1) is 4.92 Å². The fraction of sp³-hybridized carbons (Fsp3) is 0.0769. The lowest BCUT2D eigenvalue weighted by Crippen LogP contribution is -1.99. The molecule has 0 saturated heterocycles. The second-order valence-electron chi connectivity index (χ2n) is 3.66. The highest BCUT2D eigenvalue weighted by molar-refractivity contribution is 5.56. The minimum absolute atomic E-state index is 0.0591. The van der Waals surface area contributed by atoms with Crippen molar-refractivity contribution in [2.45, 2.75) is 6.61 Å². The highest BCUT2D eigenvalue weighted by atomic mass is 16.6. The number of nitrogens with zero attached hydrogens (tertiary/aromatic N) is 1. The molecule has 1 N–H and O–H groups in total. The quantitative estimate of drug-likeness (QED) is 0.664. The van der Waals surface area contributed by atoms with Gasteiger partial charge in [-0.15, -0.1) is 0 Å². The Balaban J connectivity index is 2.20. The highest BCUT2D eigenvalue weighted by Gasteiger charge is 2.20. The Bertz CT molecular complexity index is 554. The third kappa shape index (κ3) is 2.57. The van der Waals surface area contributed by atoms with E-state index in [1.165, 1.54) is 18.2 Å². The van der Waals surface area contributed by atoms with Crippen molar-refractivity contribution in [3.8, 4) is 11.5 Å². The van der Waals surface area contributed by atoms with Crippen LogP contribution >= 0.6 is 0 Å². The second-order valence-corrected chi connectivity index (χ2v) is 3.66. The number of para-hydroxylation sites is 1. The number of phenols is 1. The van der Waals surface area contributed by atoms with E-state index in [1.54, 1.807) is 0 Å². The Hall–Kier alpha value is -2.56. The van der Waals surface area contributed by atoms with Crippen LogP contribution in [0.15, 0.2) is 48.5 Å². The van der Waals surface area contributed by atoms with Gasteiger partial charge in [0.25, 0.3) is 0 Å². The first-order valence-corrected chi connectivity index (χ1v) is 5.31. The molecule has 5 heteroatoms. The second kappa shape index (κ2) is 5.18. The van der Waals surface area contributed by atoms with Crippen LogP contribution in [-0.4, -0.2) is 10.0 Å². The molecule has 0 heterocycles. The number of aromatic hydroxyl groups is 1. The van der Waals surface area contributed by atoms with E-state index >= 15 is 0 Å². The molecule has 0 radical (unpaired) electrons. The van der Waals surface area contributed by atoms with E-state index in [0.717, 1.165) is 5.56 Å². The summed E-state index contributed by atoms with van der Waals surface area (Å²) >= 11 is 0. The fourth-order valence-electron chi connectivity index (χ4n) is 1.55. The summed E-state index contributed by atoms with van der Waals surface area (Å²) in [5.41, 5.74) is 0.489. The van der Waals surface area contributed by atoms with Crippen molar-refractivity contribution in [3.05, 3.63) is 64.2 Å². The summed E-state index contributed by atoms with van der Waals surface area (Å²) in [5, 5.41) is 20.3. The number of rotatable bonds is 4. The number of nitro groups is 1. The number of benzene rings is 2. The van der Waals surface area contributed by atoms with Crippen molar-refractivity contribution in [1.82, 2.24) is 0 Å². The summed E-state index contributed by atoms with van der Waals surface area (Å²) < 4.78 is 5.36. The SMILES string of the molecule is O=[N+]([O-])c1c(O)cccc1OCc1ccccc1. The van der Waals surface area contributed by atoms with Crippen molar-refractivity contribution >= 4 is 5.69 Å². The van der Waals surface area contributed by atoms with Gasteiger partial charge in [-0.1, -0.05) is 36.4 Å². The lowest BCUT2D eigenvalue weighted by atomic mass is 10.2. The summed E-state index contributed by atoms with van der Waals surface area (Å²) in [5.74, 6) is -0.339.